The van der Waals surface area contributed by atoms with E-state index < -0.39 is 9.05 Å². The van der Waals surface area contributed by atoms with Crippen molar-refractivity contribution in [3.05, 3.63) is 23.3 Å². The van der Waals surface area contributed by atoms with Gasteiger partial charge in [-0.15, -0.1) is 0 Å². The van der Waals surface area contributed by atoms with Gasteiger partial charge in [-0.25, -0.2) is 8.42 Å². The maximum atomic E-state index is 11.5. The van der Waals surface area contributed by atoms with Gasteiger partial charge >= 0.3 is 0 Å². The van der Waals surface area contributed by atoms with Gasteiger partial charge in [-0.05, 0) is 62.8 Å². The van der Waals surface area contributed by atoms with Crippen molar-refractivity contribution in [3.63, 3.8) is 0 Å². The highest BCUT2D eigenvalue weighted by Gasteiger charge is 2.19. The molecule has 0 unspecified atom stereocenters. The maximum Gasteiger partial charge on any atom is 0.261 e. The molecule has 1 fully saturated rings. The van der Waals surface area contributed by atoms with E-state index in [0.29, 0.717) is 5.56 Å². The van der Waals surface area contributed by atoms with Gasteiger partial charge in [-0.2, -0.15) is 0 Å². The number of hydrogen-bond donors (Lipinski definition) is 0. The molecule has 3 nitrogen and oxygen atoms in total. The predicted molar refractivity (Wildman–Crippen MR) is 81.1 cm³/mol. The Morgan fingerprint density at radius 1 is 1.05 bits per heavy atom. The summed E-state index contributed by atoms with van der Waals surface area (Å²) in [5.41, 5.74) is 1.45. The lowest BCUT2D eigenvalue weighted by molar-refractivity contribution is 0.182. The lowest BCUT2D eigenvalue weighted by Gasteiger charge is -2.19. The zero-order valence-electron chi connectivity index (χ0n) is 12.0. The highest BCUT2D eigenvalue weighted by molar-refractivity contribution is 8.13. The van der Waals surface area contributed by atoms with Crippen LogP contribution in [0, 0.1) is 13.8 Å². The van der Waals surface area contributed by atoms with Gasteiger partial charge in [-0.1, -0.05) is 12.8 Å². The van der Waals surface area contributed by atoms with Gasteiger partial charge in [0.2, 0.25) is 0 Å². The molecule has 0 aliphatic heterocycles. The monoisotopic (exact) mass is 316 g/mol. The molecule has 0 bridgehead atoms. The molecule has 0 amide bonds. The van der Waals surface area contributed by atoms with Crippen LogP contribution in [0.2, 0.25) is 0 Å². The van der Waals surface area contributed by atoms with Crippen LogP contribution in [0.3, 0.4) is 0 Å². The topological polar surface area (TPSA) is 43.4 Å². The van der Waals surface area contributed by atoms with E-state index in [1.165, 1.54) is 25.7 Å². The molecule has 0 heterocycles. The Labute approximate surface area is 125 Å². The number of aryl methyl sites for hydroxylation is 2. The Balaban J connectivity index is 2.22. The molecule has 0 aromatic heterocycles. The highest BCUT2D eigenvalue weighted by atomic mass is 35.7. The summed E-state index contributed by atoms with van der Waals surface area (Å²) in [4.78, 5) is 0.171. The summed E-state index contributed by atoms with van der Waals surface area (Å²) >= 11 is 0. The average molecular weight is 317 g/mol. The van der Waals surface area contributed by atoms with Crippen molar-refractivity contribution in [2.45, 2.75) is 63.4 Å². The Morgan fingerprint density at radius 3 is 2.20 bits per heavy atom. The summed E-state index contributed by atoms with van der Waals surface area (Å²) in [6.45, 7) is 3.60. The molecule has 1 aliphatic carbocycles. The lowest BCUT2D eigenvalue weighted by Crippen LogP contribution is -2.16. The minimum Gasteiger partial charge on any atom is -0.490 e. The van der Waals surface area contributed by atoms with Crippen molar-refractivity contribution >= 4 is 19.7 Å². The van der Waals surface area contributed by atoms with Gasteiger partial charge in [-0.3, -0.25) is 0 Å². The van der Waals surface area contributed by atoms with Crippen LogP contribution in [0.15, 0.2) is 17.0 Å². The van der Waals surface area contributed by atoms with Crippen molar-refractivity contribution in [2.75, 3.05) is 0 Å². The second-order valence-corrected chi connectivity index (χ2v) is 8.09. The third-order valence-corrected chi connectivity index (χ3v) is 5.29. The summed E-state index contributed by atoms with van der Waals surface area (Å²) in [7, 11) is 1.74. The predicted octanol–water partition coefficient (Wildman–Crippen LogP) is 4.33. The summed E-state index contributed by atoms with van der Waals surface area (Å²) in [6.07, 6.45) is 7.37. The number of hydrogen-bond acceptors (Lipinski definition) is 3. The van der Waals surface area contributed by atoms with Crippen LogP contribution in [0.4, 0.5) is 0 Å². The van der Waals surface area contributed by atoms with Crippen LogP contribution in [-0.4, -0.2) is 14.5 Å². The van der Waals surface area contributed by atoms with E-state index in [1.807, 2.05) is 6.92 Å². The standard InChI is InChI=1S/C15H21ClO3S/c1-11-10-15(20(16,17)18)12(2)9-14(11)19-13-7-5-3-4-6-8-13/h9-10,13H,3-8H2,1-2H3. The van der Waals surface area contributed by atoms with Crippen molar-refractivity contribution in [1.29, 1.82) is 0 Å². The van der Waals surface area contributed by atoms with E-state index >= 15 is 0 Å². The van der Waals surface area contributed by atoms with E-state index in [2.05, 4.69) is 0 Å². The second-order valence-electron chi connectivity index (χ2n) is 5.55. The smallest absolute Gasteiger partial charge is 0.261 e. The third-order valence-electron chi connectivity index (χ3n) is 3.83. The van der Waals surface area contributed by atoms with E-state index in [1.54, 1.807) is 19.1 Å². The molecule has 1 aromatic carbocycles. The molecule has 0 saturated heterocycles. The van der Waals surface area contributed by atoms with Gasteiger partial charge in [0.15, 0.2) is 0 Å². The average Bonchev–Trinajstić information content (AvgIpc) is 2.60. The van der Waals surface area contributed by atoms with Crippen LogP contribution >= 0.6 is 10.7 Å². The molecular formula is C15H21ClO3S. The maximum absolute atomic E-state index is 11.5. The third kappa shape index (κ3) is 3.89. The molecule has 0 atom stereocenters. The van der Waals surface area contributed by atoms with Crippen molar-refractivity contribution < 1.29 is 13.2 Å². The van der Waals surface area contributed by atoms with Gasteiger partial charge < -0.3 is 4.74 Å². The first-order chi connectivity index (χ1) is 9.38. The van der Waals surface area contributed by atoms with Crippen LogP contribution < -0.4 is 4.74 Å². The Morgan fingerprint density at radius 2 is 1.65 bits per heavy atom. The summed E-state index contributed by atoms with van der Waals surface area (Å²) in [5, 5.41) is 0. The van der Waals surface area contributed by atoms with E-state index in [4.69, 9.17) is 15.4 Å². The van der Waals surface area contributed by atoms with Gasteiger partial charge in [0.1, 0.15) is 5.75 Å². The van der Waals surface area contributed by atoms with Gasteiger partial charge in [0, 0.05) is 10.7 Å². The summed E-state index contributed by atoms with van der Waals surface area (Å²) in [5.74, 6) is 0.776. The van der Waals surface area contributed by atoms with E-state index in [-0.39, 0.29) is 11.0 Å². The van der Waals surface area contributed by atoms with E-state index in [0.717, 1.165) is 24.2 Å². The molecule has 0 spiro atoms. The Bertz CT molecular complexity index is 573. The van der Waals surface area contributed by atoms with Gasteiger partial charge in [0.05, 0.1) is 11.0 Å². The minimum absolute atomic E-state index is 0.171. The molecule has 112 valence electrons. The number of halogens is 1. The number of benzene rings is 1. The van der Waals surface area contributed by atoms with Gasteiger partial charge in [0.25, 0.3) is 9.05 Å². The molecule has 20 heavy (non-hydrogen) atoms. The first-order valence-corrected chi connectivity index (χ1v) is 9.41. The molecule has 1 aromatic rings. The molecule has 1 saturated carbocycles. The van der Waals surface area contributed by atoms with Crippen molar-refractivity contribution in [2.24, 2.45) is 0 Å². The number of rotatable bonds is 3. The fourth-order valence-corrected chi connectivity index (χ4v) is 3.95. The number of ether oxygens (including phenoxy) is 1. The minimum atomic E-state index is -3.70. The SMILES string of the molecule is Cc1cc(S(=O)(=O)Cl)c(C)cc1OC1CCCCCC1. The van der Waals surface area contributed by atoms with Crippen molar-refractivity contribution in [1.82, 2.24) is 0 Å². The van der Waals surface area contributed by atoms with E-state index in [9.17, 15) is 8.42 Å². The summed E-state index contributed by atoms with van der Waals surface area (Å²) < 4.78 is 29.0. The van der Waals surface area contributed by atoms with Crippen LogP contribution in [-0.2, 0) is 9.05 Å². The Hall–Kier alpha value is -0.740. The second kappa shape index (κ2) is 6.35. The lowest BCUT2D eigenvalue weighted by atomic mass is 10.1. The fraction of sp³-hybridized carbons (Fsp3) is 0.600. The zero-order valence-corrected chi connectivity index (χ0v) is 13.6. The molecule has 5 heteroatoms. The van der Waals surface area contributed by atoms with Crippen molar-refractivity contribution in [3.8, 4) is 5.75 Å². The van der Waals surface area contributed by atoms with Crippen LogP contribution in [0.25, 0.3) is 0 Å². The molecule has 1 aliphatic rings. The van der Waals surface area contributed by atoms with Crippen LogP contribution in [0.1, 0.15) is 49.7 Å². The fourth-order valence-electron chi connectivity index (χ4n) is 2.69. The Kier molecular flexibility index (Phi) is 4.97. The quantitative estimate of drug-likeness (QED) is 0.615. The first-order valence-electron chi connectivity index (χ1n) is 7.10. The molecular weight excluding hydrogens is 296 g/mol. The zero-order chi connectivity index (χ0) is 14.8. The first kappa shape index (κ1) is 15.6. The largest absolute Gasteiger partial charge is 0.490 e. The molecule has 2 rings (SSSR count). The highest BCUT2D eigenvalue weighted by Crippen LogP contribution is 2.30. The molecule has 0 N–H and O–H groups in total. The normalized spacial score (nSPS) is 17.8. The molecule has 0 radical (unpaired) electrons. The summed E-state index contributed by atoms with van der Waals surface area (Å²) in [6, 6.07) is 3.39. The van der Waals surface area contributed by atoms with Crippen LogP contribution in [0.5, 0.6) is 5.75 Å².